The van der Waals surface area contributed by atoms with E-state index in [0.717, 1.165) is 17.0 Å². The van der Waals surface area contributed by atoms with Crippen molar-refractivity contribution in [1.29, 1.82) is 0 Å². The lowest BCUT2D eigenvalue weighted by Crippen LogP contribution is -2.24. The molecular weight excluding hydrogens is 414 g/mol. The molecule has 7 nitrogen and oxygen atoms in total. The second kappa shape index (κ2) is 9.18. The molecule has 0 fully saturated rings. The lowest BCUT2D eigenvalue weighted by atomic mass is 10.1. The van der Waals surface area contributed by atoms with Gasteiger partial charge in [0.25, 0.3) is 5.56 Å². The van der Waals surface area contributed by atoms with Crippen LogP contribution in [0.2, 0.25) is 0 Å². The second-order valence-electron chi connectivity index (χ2n) is 7.03. The summed E-state index contributed by atoms with van der Waals surface area (Å²) >= 11 is 1.41. The molecule has 158 valence electrons. The number of aromatic nitrogens is 3. The standard InChI is InChI=1S/C23H21N3O4S/c1-15-12-18(25-30-15)14-31-23-24-20-13-17(22(28)29-2)8-9-19(20)21(27)26(23)11-10-16-6-4-3-5-7-16/h3-9,12-13H,10-11,14H2,1-2H3. The lowest BCUT2D eigenvalue weighted by molar-refractivity contribution is 0.0601. The van der Waals surface area contributed by atoms with Gasteiger partial charge in [0.05, 0.1) is 29.3 Å². The van der Waals surface area contributed by atoms with Crippen molar-refractivity contribution in [3.8, 4) is 0 Å². The minimum atomic E-state index is -0.468. The van der Waals surface area contributed by atoms with Crippen LogP contribution in [0.1, 0.15) is 27.4 Å². The average molecular weight is 436 g/mol. The maximum absolute atomic E-state index is 13.3. The van der Waals surface area contributed by atoms with Gasteiger partial charge in [-0.3, -0.25) is 9.36 Å². The molecule has 0 atom stereocenters. The highest BCUT2D eigenvalue weighted by atomic mass is 32.2. The van der Waals surface area contributed by atoms with Crippen molar-refractivity contribution in [3.63, 3.8) is 0 Å². The quantitative estimate of drug-likeness (QED) is 0.246. The molecule has 2 aromatic carbocycles. The average Bonchev–Trinajstić information content (AvgIpc) is 3.22. The van der Waals surface area contributed by atoms with Crippen LogP contribution in [-0.4, -0.2) is 27.8 Å². The van der Waals surface area contributed by atoms with Gasteiger partial charge in [0, 0.05) is 18.4 Å². The third-order valence-corrected chi connectivity index (χ3v) is 5.84. The van der Waals surface area contributed by atoms with Crippen LogP contribution in [0.25, 0.3) is 10.9 Å². The maximum atomic E-state index is 13.3. The summed E-state index contributed by atoms with van der Waals surface area (Å²) in [4.78, 5) is 29.9. The monoisotopic (exact) mass is 435 g/mol. The fraction of sp³-hybridized carbons (Fsp3) is 0.217. The molecule has 0 amide bonds. The second-order valence-corrected chi connectivity index (χ2v) is 7.97. The van der Waals surface area contributed by atoms with Gasteiger partial charge in [0.1, 0.15) is 5.76 Å². The Bertz CT molecular complexity index is 1280. The highest BCUT2D eigenvalue weighted by Gasteiger charge is 2.15. The molecule has 0 saturated carbocycles. The predicted octanol–water partition coefficient (Wildman–Crippen LogP) is 4.01. The Kier molecular flexibility index (Phi) is 6.18. The van der Waals surface area contributed by atoms with Crippen molar-refractivity contribution in [2.75, 3.05) is 7.11 Å². The van der Waals surface area contributed by atoms with E-state index in [4.69, 9.17) is 14.2 Å². The molecule has 2 aromatic heterocycles. The minimum absolute atomic E-state index is 0.142. The van der Waals surface area contributed by atoms with E-state index in [1.165, 1.54) is 18.9 Å². The van der Waals surface area contributed by atoms with Gasteiger partial charge < -0.3 is 9.26 Å². The largest absolute Gasteiger partial charge is 0.465 e. The number of nitrogens with zero attached hydrogens (tertiary/aromatic N) is 3. The van der Waals surface area contributed by atoms with Crippen molar-refractivity contribution in [2.24, 2.45) is 0 Å². The first-order valence-electron chi connectivity index (χ1n) is 9.77. The molecule has 4 aromatic rings. The molecule has 0 aliphatic carbocycles. The van der Waals surface area contributed by atoms with Gasteiger partial charge in [-0.05, 0) is 37.1 Å². The zero-order chi connectivity index (χ0) is 21.8. The van der Waals surface area contributed by atoms with Crippen LogP contribution in [0, 0.1) is 6.92 Å². The lowest BCUT2D eigenvalue weighted by Gasteiger charge is -2.13. The Labute approximate surface area is 183 Å². The van der Waals surface area contributed by atoms with E-state index in [0.29, 0.717) is 40.3 Å². The fourth-order valence-corrected chi connectivity index (χ4v) is 4.17. The number of carbonyl (C=O) groups excluding carboxylic acids is 1. The van der Waals surface area contributed by atoms with Crippen LogP contribution in [0.15, 0.2) is 69.1 Å². The first kappa shape index (κ1) is 20.9. The summed E-state index contributed by atoms with van der Waals surface area (Å²) < 4.78 is 11.6. The Morgan fingerprint density at radius 1 is 1.16 bits per heavy atom. The predicted molar refractivity (Wildman–Crippen MR) is 118 cm³/mol. The van der Waals surface area contributed by atoms with Gasteiger partial charge >= 0.3 is 5.97 Å². The summed E-state index contributed by atoms with van der Waals surface area (Å²) in [6.45, 7) is 2.32. The van der Waals surface area contributed by atoms with Crippen LogP contribution >= 0.6 is 11.8 Å². The van der Waals surface area contributed by atoms with Crippen molar-refractivity contribution >= 4 is 28.6 Å². The summed E-state index contributed by atoms with van der Waals surface area (Å²) in [5.41, 5.74) is 2.58. The summed E-state index contributed by atoms with van der Waals surface area (Å²) in [6.07, 6.45) is 0.699. The Morgan fingerprint density at radius 3 is 2.68 bits per heavy atom. The van der Waals surface area contributed by atoms with Crippen molar-refractivity contribution in [2.45, 2.75) is 30.8 Å². The van der Waals surface area contributed by atoms with Gasteiger partial charge in [0.2, 0.25) is 0 Å². The molecular formula is C23H21N3O4S. The van der Waals surface area contributed by atoms with E-state index in [1.54, 1.807) is 22.8 Å². The minimum Gasteiger partial charge on any atom is -0.465 e. The maximum Gasteiger partial charge on any atom is 0.337 e. The molecule has 8 heteroatoms. The zero-order valence-electron chi connectivity index (χ0n) is 17.2. The van der Waals surface area contributed by atoms with E-state index in [1.807, 2.05) is 43.3 Å². The van der Waals surface area contributed by atoms with Crippen LogP contribution in [-0.2, 0) is 23.5 Å². The molecule has 0 aliphatic heterocycles. The number of thioether (sulfide) groups is 1. The number of hydrogen-bond donors (Lipinski definition) is 0. The molecule has 0 radical (unpaired) electrons. The third kappa shape index (κ3) is 4.69. The van der Waals surface area contributed by atoms with E-state index in [-0.39, 0.29) is 5.56 Å². The number of methoxy groups -OCH3 is 1. The van der Waals surface area contributed by atoms with Gasteiger partial charge in [-0.2, -0.15) is 0 Å². The summed E-state index contributed by atoms with van der Waals surface area (Å²) in [6, 6.07) is 16.7. The number of benzene rings is 2. The van der Waals surface area contributed by atoms with E-state index in [9.17, 15) is 9.59 Å². The van der Waals surface area contributed by atoms with Gasteiger partial charge in [-0.25, -0.2) is 9.78 Å². The molecule has 0 aliphatic rings. The Hall–Kier alpha value is -3.39. The first-order chi connectivity index (χ1) is 15.0. The van der Waals surface area contributed by atoms with Crippen molar-refractivity contribution < 1.29 is 14.1 Å². The number of rotatable bonds is 7. The van der Waals surface area contributed by atoms with E-state index >= 15 is 0 Å². The molecule has 2 heterocycles. The number of aryl methyl sites for hydroxylation is 2. The van der Waals surface area contributed by atoms with E-state index < -0.39 is 5.97 Å². The number of fused-ring (bicyclic) bond motifs is 1. The van der Waals surface area contributed by atoms with Crippen molar-refractivity contribution in [1.82, 2.24) is 14.7 Å². The van der Waals surface area contributed by atoms with Crippen LogP contribution in [0.5, 0.6) is 0 Å². The zero-order valence-corrected chi connectivity index (χ0v) is 18.0. The van der Waals surface area contributed by atoms with E-state index in [2.05, 4.69) is 5.16 Å². The summed E-state index contributed by atoms with van der Waals surface area (Å²) in [5, 5.41) is 5.04. The smallest absolute Gasteiger partial charge is 0.337 e. The molecule has 0 unspecified atom stereocenters. The first-order valence-corrected chi connectivity index (χ1v) is 10.8. The third-order valence-electron chi connectivity index (χ3n) is 4.83. The number of esters is 1. The van der Waals surface area contributed by atoms with Crippen molar-refractivity contribution in [3.05, 3.63) is 87.5 Å². The van der Waals surface area contributed by atoms with Crippen LogP contribution < -0.4 is 5.56 Å². The summed E-state index contributed by atoms with van der Waals surface area (Å²) in [5.74, 6) is 0.771. The van der Waals surface area contributed by atoms with Gasteiger partial charge in [-0.15, -0.1) is 0 Å². The van der Waals surface area contributed by atoms with Gasteiger partial charge in [0.15, 0.2) is 5.16 Å². The molecule has 0 N–H and O–H groups in total. The Morgan fingerprint density at radius 2 is 1.97 bits per heavy atom. The normalized spacial score (nSPS) is 11.0. The number of ether oxygens (including phenoxy) is 1. The van der Waals surface area contributed by atoms with Gasteiger partial charge in [-0.1, -0.05) is 47.3 Å². The van der Waals surface area contributed by atoms with Crippen LogP contribution in [0.3, 0.4) is 0 Å². The SMILES string of the molecule is COC(=O)c1ccc2c(=O)n(CCc3ccccc3)c(SCc3cc(C)on3)nc2c1. The molecule has 0 saturated heterocycles. The molecule has 4 rings (SSSR count). The summed E-state index contributed by atoms with van der Waals surface area (Å²) in [7, 11) is 1.32. The molecule has 0 spiro atoms. The molecule has 31 heavy (non-hydrogen) atoms. The van der Waals surface area contributed by atoms with Crippen LogP contribution in [0.4, 0.5) is 0 Å². The number of carbonyl (C=O) groups is 1. The fourth-order valence-electron chi connectivity index (χ4n) is 3.26. The number of hydrogen-bond acceptors (Lipinski definition) is 7. The highest BCUT2D eigenvalue weighted by Crippen LogP contribution is 2.23. The highest BCUT2D eigenvalue weighted by molar-refractivity contribution is 7.98. The Balaban J connectivity index is 1.72. The topological polar surface area (TPSA) is 87.2 Å². The molecule has 0 bridgehead atoms.